The molecule has 0 aliphatic heterocycles. The predicted octanol–water partition coefficient (Wildman–Crippen LogP) is 11.2. The highest BCUT2D eigenvalue weighted by Crippen LogP contribution is 2.33. The monoisotopic (exact) mass is 593 g/mol. The Morgan fingerprint density at radius 3 is 2.15 bits per heavy atom. The average Bonchev–Trinajstić information content (AvgIpc) is 3.12. The molecule has 3 aromatic carbocycles. The normalized spacial score (nSPS) is 11.7. The van der Waals surface area contributed by atoms with Crippen molar-refractivity contribution in [1.82, 2.24) is 15.0 Å². The third-order valence-corrected chi connectivity index (χ3v) is 7.39. The van der Waals surface area contributed by atoms with Gasteiger partial charge in [-0.1, -0.05) is 160 Å². The second kappa shape index (κ2) is 15.5. The van der Waals surface area contributed by atoms with Gasteiger partial charge in [0.2, 0.25) is 0 Å². The van der Waals surface area contributed by atoms with Crippen LogP contribution in [0.25, 0.3) is 63.5 Å². The van der Waals surface area contributed by atoms with Gasteiger partial charge in [0.05, 0.1) is 5.69 Å². The molecule has 222 valence electrons. The quantitative estimate of drug-likeness (QED) is 0.135. The van der Waals surface area contributed by atoms with Gasteiger partial charge in [-0.3, -0.25) is 4.98 Å². The van der Waals surface area contributed by atoms with Crippen molar-refractivity contribution in [2.75, 3.05) is 0 Å². The predicted molar refractivity (Wildman–Crippen MR) is 198 cm³/mol. The van der Waals surface area contributed by atoms with Crippen LogP contribution in [0.1, 0.15) is 27.9 Å². The summed E-state index contributed by atoms with van der Waals surface area (Å²) in [5.74, 6) is 0.628. The van der Waals surface area contributed by atoms with Crippen molar-refractivity contribution in [1.29, 1.82) is 0 Å². The molecule has 0 amide bonds. The van der Waals surface area contributed by atoms with Gasteiger partial charge in [-0.05, 0) is 51.1 Å². The lowest BCUT2D eigenvalue weighted by Gasteiger charge is -2.13. The molecule has 0 aliphatic carbocycles. The minimum atomic E-state index is 0.628. The van der Waals surface area contributed by atoms with Gasteiger partial charge in [0.15, 0.2) is 5.82 Å². The lowest BCUT2D eigenvalue weighted by Crippen LogP contribution is -1.99. The van der Waals surface area contributed by atoms with Crippen molar-refractivity contribution in [2.45, 2.75) is 0 Å². The molecule has 0 spiro atoms. The Morgan fingerprint density at radius 2 is 1.41 bits per heavy atom. The van der Waals surface area contributed by atoms with E-state index in [0.717, 1.165) is 61.3 Å². The minimum absolute atomic E-state index is 0.628. The molecule has 0 unspecified atom stereocenters. The fourth-order valence-corrected chi connectivity index (χ4v) is 5.09. The molecule has 2 heterocycles. The van der Waals surface area contributed by atoms with E-state index in [1.165, 1.54) is 0 Å². The average molecular weight is 594 g/mol. The third-order valence-electron chi connectivity index (χ3n) is 7.39. The molecule has 0 saturated heterocycles. The molecule has 46 heavy (non-hydrogen) atoms. The molecule has 5 rings (SSSR count). The van der Waals surface area contributed by atoms with Crippen LogP contribution in [0.5, 0.6) is 0 Å². The van der Waals surface area contributed by atoms with Crippen LogP contribution in [0, 0.1) is 0 Å². The van der Waals surface area contributed by atoms with Gasteiger partial charge in [-0.25, -0.2) is 9.97 Å². The van der Waals surface area contributed by atoms with Crippen LogP contribution in [0.4, 0.5) is 0 Å². The number of allylic oxidation sites excluding steroid dienone is 8. The zero-order valence-electron chi connectivity index (χ0n) is 25.8. The third kappa shape index (κ3) is 7.47. The highest BCUT2D eigenvalue weighted by atomic mass is 14.9. The first kappa shape index (κ1) is 31.2. The van der Waals surface area contributed by atoms with Crippen LogP contribution < -0.4 is 0 Å². The Kier molecular flexibility index (Phi) is 10.5. The van der Waals surface area contributed by atoms with Gasteiger partial charge in [-0.15, -0.1) is 0 Å². The second-order valence-electron chi connectivity index (χ2n) is 10.3. The molecule has 3 heteroatoms. The maximum Gasteiger partial charge on any atom is 0.159 e. The van der Waals surface area contributed by atoms with Crippen molar-refractivity contribution in [2.24, 2.45) is 0 Å². The zero-order valence-corrected chi connectivity index (χ0v) is 25.8. The van der Waals surface area contributed by atoms with Gasteiger partial charge < -0.3 is 0 Å². The number of pyridine rings is 1. The van der Waals surface area contributed by atoms with Crippen LogP contribution in [-0.2, 0) is 0 Å². The SMILES string of the molecule is C=C/C=C\C=C\c1cccc(-c2cnc(-c3ccc(-c4cccc(C=C)c4C=C)cc3)nc2/C(C=C)=C/C=C/c2cccnc2)c1. The van der Waals surface area contributed by atoms with Crippen molar-refractivity contribution in [3.05, 3.63) is 194 Å². The lowest BCUT2D eigenvalue weighted by atomic mass is 9.94. The molecule has 0 N–H and O–H groups in total. The lowest BCUT2D eigenvalue weighted by molar-refractivity contribution is 1.16. The fourth-order valence-electron chi connectivity index (χ4n) is 5.09. The van der Waals surface area contributed by atoms with E-state index in [0.29, 0.717) is 5.82 Å². The number of rotatable bonds is 12. The summed E-state index contributed by atoms with van der Waals surface area (Å²) in [6, 6.07) is 26.7. The first-order valence-electron chi connectivity index (χ1n) is 15.0. The summed E-state index contributed by atoms with van der Waals surface area (Å²) in [5, 5.41) is 0. The smallest absolute Gasteiger partial charge is 0.159 e. The van der Waals surface area contributed by atoms with Crippen molar-refractivity contribution in [3.63, 3.8) is 0 Å². The summed E-state index contributed by atoms with van der Waals surface area (Å²) in [6.45, 7) is 15.8. The molecule has 3 nitrogen and oxygen atoms in total. The van der Waals surface area contributed by atoms with E-state index in [1.54, 1.807) is 12.3 Å². The topological polar surface area (TPSA) is 38.7 Å². The van der Waals surface area contributed by atoms with Crippen LogP contribution in [0.2, 0.25) is 0 Å². The minimum Gasteiger partial charge on any atom is -0.264 e. The highest BCUT2D eigenvalue weighted by Gasteiger charge is 2.14. The van der Waals surface area contributed by atoms with Gasteiger partial charge >= 0.3 is 0 Å². The van der Waals surface area contributed by atoms with Crippen LogP contribution in [-0.4, -0.2) is 15.0 Å². The van der Waals surface area contributed by atoms with Gasteiger partial charge in [0.25, 0.3) is 0 Å². The zero-order chi connectivity index (χ0) is 32.1. The van der Waals surface area contributed by atoms with E-state index in [9.17, 15) is 0 Å². The molecular formula is C43H35N3. The molecule has 0 aliphatic rings. The van der Waals surface area contributed by atoms with Crippen LogP contribution in [0.3, 0.4) is 0 Å². The van der Waals surface area contributed by atoms with E-state index in [1.807, 2.05) is 97.4 Å². The summed E-state index contributed by atoms with van der Waals surface area (Å²) in [6.07, 6.45) is 26.7. The summed E-state index contributed by atoms with van der Waals surface area (Å²) >= 11 is 0. The summed E-state index contributed by atoms with van der Waals surface area (Å²) in [7, 11) is 0. The Balaban J connectivity index is 1.58. The molecule has 2 aromatic heterocycles. The number of hydrogen-bond acceptors (Lipinski definition) is 3. The molecule has 0 atom stereocenters. The van der Waals surface area contributed by atoms with E-state index in [-0.39, 0.29) is 0 Å². The Morgan fingerprint density at radius 1 is 0.630 bits per heavy atom. The molecule has 0 radical (unpaired) electrons. The standard InChI is InChI=1S/C43H35N3/c1-5-9-10-11-16-32-17-12-22-38(29-32)41-31-45-43(46-42(41)35(7-3)21-13-18-33-19-15-28-44-30-33)37-26-24-36(25-27-37)40-23-14-20-34(6-2)39(40)8-4/h5-31H,1-4H2/b10-9-,16-11+,18-13+,35-21+. The van der Waals surface area contributed by atoms with Gasteiger partial charge in [0.1, 0.15) is 0 Å². The summed E-state index contributed by atoms with van der Waals surface area (Å²) in [4.78, 5) is 14.2. The molecular weight excluding hydrogens is 558 g/mol. The maximum atomic E-state index is 5.13. The Hall–Kier alpha value is -6.19. The first-order valence-corrected chi connectivity index (χ1v) is 15.0. The number of aromatic nitrogens is 3. The number of benzene rings is 3. The summed E-state index contributed by atoms with van der Waals surface area (Å²) < 4.78 is 0. The Labute approximate surface area is 272 Å². The highest BCUT2D eigenvalue weighted by molar-refractivity contribution is 5.86. The molecule has 0 bridgehead atoms. The van der Waals surface area contributed by atoms with Crippen molar-refractivity contribution in [3.8, 4) is 33.6 Å². The van der Waals surface area contributed by atoms with E-state index < -0.39 is 0 Å². The Bertz CT molecular complexity index is 1990. The molecule has 5 aromatic rings. The van der Waals surface area contributed by atoms with E-state index in [2.05, 4.69) is 85.9 Å². The largest absolute Gasteiger partial charge is 0.264 e. The number of hydrogen-bond donors (Lipinski definition) is 0. The van der Waals surface area contributed by atoms with Crippen molar-refractivity contribution < 1.29 is 0 Å². The van der Waals surface area contributed by atoms with E-state index >= 15 is 0 Å². The second-order valence-corrected chi connectivity index (χ2v) is 10.3. The van der Waals surface area contributed by atoms with Crippen LogP contribution >= 0.6 is 0 Å². The summed E-state index contributed by atoms with van der Waals surface area (Å²) in [5.41, 5.74) is 10.9. The van der Waals surface area contributed by atoms with Gasteiger partial charge in [-0.2, -0.15) is 0 Å². The van der Waals surface area contributed by atoms with Crippen molar-refractivity contribution >= 4 is 29.9 Å². The maximum absolute atomic E-state index is 5.13. The molecule has 0 saturated carbocycles. The van der Waals surface area contributed by atoms with Gasteiger partial charge in [0, 0.05) is 35.3 Å². The fraction of sp³-hybridized carbons (Fsp3) is 0. The molecule has 0 fully saturated rings. The van der Waals surface area contributed by atoms with Crippen LogP contribution in [0.15, 0.2) is 166 Å². The van der Waals surface area contributed by atoms with E-state index in [4.69, 9.17) is 9.97 Å². The number of nitrogens with zero attached hydrogens (tertiary/aromatic N) is 3. The first-order chi connectivity index (χ1) is 22.6.